The van der Waals surface area contributed by atoms with E-state index in [2.05, 4.69) is 21.8 Å². The first-order valence-corrected chi connectivity index (χ1v) is 8.53. The molecule has 2 amide bonds. The number of nitrogens with zero attached hydrogens (tertiary/aromatic N) is 4. The molecule has 0 radical (unpaired) electrons. The third-order valence-corrected chi connectivity index (χ3v) is 5.00. The molecule has 0 atom stereocenters. The van der Waals surface area contributed by atoms with E-state index in [1.54, 1.807) is 12.3 Å². The largest absolute Gasteiger partial charge is 0.369 e. The SMILES string of the molecule is CN1CCN(c2cc(C(=O)N3CCC(C(N)=O)CC3)ccn2)CC1. The van der Waals surface area contributed by atoms with Crippen LogP contribution in [-0.2, 0) is 4.79 Å². The number of rotatable bonds is 3. The van der Waals surface area contributed by atoms with Gasteiger partial charge in [-0.25, -0.2) is 4.98 Å². The van der Waals surface area contributed by atoms with E-state index >= 15 is 0 Å². The zero-order chi connectivity index (χ0) is 17.1. The van der Waals surface area contributed by atoms with Crippen LogP contribution in [0.2, 0.25) is 0 Å². The Morgan fingerprint density at radius 1 is 1.12 bits per heavy atom. The summed E-state index contributed by atoms with van der Waals surface area (Å²) in [5.74, 6) is 0.507. The second kappa shape index (κ2) is 7.17. The first-order valence-electron chi connectivity index (χ1n) is 8.53. The maximum absolute atomic E-state index is 12.7. The van der Waals surface area contributed by atoms with Gasteiger partial charge in [0.15, 0.2) is 0 Å². The fourth-order valence-corrected chi connectivity index (χ4v) is 3.31. The summed E-state index contributed by atoms with van der Waals surface area (Å²) in [7, 11) is 2.11. The van der Waals surface area contributed by atoms with E-state index in [0.717, 1.165) is 32.0 Å². The van der Waals surface area contributed by atoms with Gasteiger partial charge in [0.05, 0.1) is 0 Å². The molecule has 2 fully saturated rings. The zero-order valence-electron chi connectivity index (χ0n) is 14.1. The summed E-state index contributed by atoms with van der Waals surface area (Å²) in [6.45, 7) is 5.01. The lowest BCUT2D eigenvalue weighted by Gasteiger charge is -2.33. The Balaban J connectivity index is 1.65. The second-order valence-corrected chi connectivity index (χ2v) is 6.66. The van der Waals surface area contributed by atoms with Crippen molar-refractivity contribution in [1.82, 2.24) is 14.8 Å². The van der Waals surface area contributed by atoms with Crippen molar-refractivity contribution >= 4 is 17.6 Å². The number of piperidine rings is 1. The van der Waals surface area contributed by atoms with E-state index < -0.39 is 0 Å². The lowest BCUT2D eigenvalue weighted by molar-refractivity contribution is -0.123. The summed E-state index contributed by atoms with van der Waals surface area (Å²) in [5.41, 5.74) is 6.02. The molecule has 2 saturated heterocycles. The first kappa shape index (κ1) is 16.7. The molecule has 3 heterocycles. The quantitative estimate of drug-likeness (QED) is 0.854. The van der Waals surface area contributed by atoms with Crippen LogP contribution in [0.4, 0.5) is 5.82 Å². The first-order chi connectivity index (χ1) is 11.5. The predicted molar refractivity (Wildman–Crippen MR) is 91.8 cm³/mol. The van der Waals surface area contributed by atoms with E-state index in [0.29, 0.717) is 31.5 Å². The van der Waals surface area contributed by atoms with Gasteiger partial charge in [-0.1, -0.05) is 0 Å². The minimum absolute atomic E-state index is 0.00991. The molecule has 2 N–H and O–H groups in total. The predicted octanol–water partition coefficient (Wildman–Crippen LogP) is 0.171. The molecule has 0 unspecified atom stereocenters. The van der Waals surface area contributed by atoms with Gasteiger partial charge in [0.25, 0.3) is 5.91 Å². The number of amides is 2. The van der Waals surface area contributed by atoms with Crippen molar-refractivity contribution in [3.63, 3.8) is 0 Å². The van der Waals surface area contributed by atoms with Crippen molar-refractivity contribution in [3.8, 4) is 0 Å². The Hall–Kier alpha value is -2.15. The summed E-state index contributed by atoms with van der Waals surface area (Å²) >= 11 is 0. The number of primary amides is 1. The molecule has 7 heteroatoms. The molecule has 1 aromatic heterocycles. The van der Waals surface area contributed by atoms with E-state index in [4.69, 9.17) is 5.73 Å². The van der Waals surface area contributed by atoms with Crippen molar-refractivity contribution in [3.05, 3.63) is 23.9 Å². The Labute approximate surface area is 142 Å². The molecule has 0 bridgehead atoms. The number of carbonyl (C=O) groups excluding carboxylic acids is 2. The topological polar surface area (TPSA) is 82.8 Å². The van der Waals surface area contributed by atoms with Gasteiger partial charge in [0.2, 0.25) is 5.91 Å². The molecule has 0 aliphatic carbocycles. The van der Waals surface area contributed by atoms with Crippen LogP contribution in [0.3, 0.4) is 0 Å². The van der Waals surface area contributed by atoms with Crippen LogP contribution in [0.25, 0.3) is 0 Å². The third kappa shape index (κ3) is 3.67. The van der Waals surface area contributed by atoms with E-state index in [1.165, 1.54) is 0 Å². The number of hydrogen-bond donors (Lipinski definition) is 1. The minimum Gasteiger partial charge on any atom is -0.369 e. The molecule has 0 spiro atoms. The Kier molecular flexibility index (Phi) is 4.99. The van der Waals surface area contributed by atoms with Crippen LogP contribution in [0, 0.1) is 5.92 Å². The number of likely N-dealkylation sites (N-methyl/N-ethyl adjacent to an activating group) is 1. The van der Waals surface area contributed by atoms with Gasteiger partial charge in [-0.15, -0.1) is 0 Å². The van der Waals surface area contributed by atoms with Crippen molar-refractivity contribution in [2.24, 2.45) is 11.7 Å². The standard InChI is InChI=1S/C17H25N5O2/c1-20-8-10-21(11-9-20)15-12-14(2-5-19-15)17(24)22-6-3-13(4-7-22)16(18)23/h2,5,12-13H,3-4,6-11H2,1H3,(H2,18,23). The number of likely N-dealkylation sites (tertiary alicyclic amines) is 1. The van der Waals surface area contributed by atoms with Crippen LogP contribution >= 0.6 is 0 Å². The van der Waals surface area contributed by atoms with Crippen molar-refractivity contribution in [1.29, 1.82) is 0 Å². The van der Waals surface area contributed by atoms with Gasteiger partial charge >= 0.3 is 0 Å². The fraction of sp³-hybridized carbons (Fsp3) is 0.588. The summed E-state index contributed by atoms with van der Waals surface area (Å²) in [5, 5.41) is 0. The number of aromatic nitrogens is 1. The third-order valence-electron chi connectivity index (χ3n) is 5.00. The van der Waals surface area contributed by atoms with Gasteiger partial charge in [-0.05, 0) is 32.0 Å². The molecule has 2 aliphatic rings. The molecule has 3 rings (SSSR count). The zero-order valence-corrected chi connectivity index (χ0v) is 14.1. The number of anilines is 1. The highest BCUT2D eigenvalue weighted by molar-refractivity contribution is 5.95. The maximum Gasteiger partial charge on any atom is 0.254 e. The molecular weight excluding hydrogens is 306 g/mol. The van der Waals surface area contributed by atoms with E-state index in [9.17, 15) is 9.59 Å². The molecule has 0 saturated carbocycles. The summed E-state index contributed by atoms with van der Waals surface area (Å²) in [4.78, 5) is 34.7. The van der Waals surface area contributed by atoms with Gasteiger partial charge in [0, 0.05) is 56.9 Å². The number of nitrogens with two attached hydrogens (primary N) is 1. The molecule has 7 nitrogen and oxygen atoms in total. The van der Waals surface area contributed by atoms with Crippen LogP contribution in [0.5, 0.6) is 0 Å². The summed E-state index contributed by atoms with van der Waals surface area (Å²) in [6, 6.07) is 3.65. The van der Waals surface area contributed by atoms with Gasteiger partial charge in [-0.2, -0.15) is 0 Å². The normalized spacial score (nSPS) is 20.2. The van der Waals surface area contributed by atoms with Crippen molar-refractivity contribution in [2.75, 3.05) is 51.2 Å². The monoisotopic (exact) mass is 331 g/mol. The lowest BCUT2D eigenvalue weighted by atomic mass is 9.96. The second-order valence-electron chi connectivity index (χ2n) is 6.66. The fourth-order valence-electron chi connectivity index (χ4n) is 3.31. The van der Waals surface area contributed by atoms with E-state index in [1.807, 2.05) is 11.0 Å². The molecule has 1 aromatic rings. The molecular formula is C17H25N5O2. The highest BCUT2D eigenvalue weighted by Gasteiger charge is 2.27. The van der Waals surface area contributed by atoms with Crippen molar-refractivity contribution in [2.45, 2.75) is 12.8 Å². The number of carbonyl (C=O) groups is 2. The molecule has 130 valence electrons. The highest BCUT2D eigenvalue weighted by atomic mass is 16.2. The Bertz CT molecular complexity index is 605. The number of pyridine rings is 1. The van der Waals surface area contributed by atoms with E-state index in [-0.39, 0.29) is 17.7 Å². The molecule has 0 aromatic carbocycles. The summed E-state index contributed by atoms with van der Waals surface area (Å²) < 4.78 is 0. The number of piperazine rings is 1. The molecule has 24 heavy (non-hydrogen) atoms. The van der Waals surface area contributed by atoms with Crippen LogP contribution in [0.15, 0.2) is 18.3 Å². The van der Waals surface area contributed by atoms with Crippen LogP contribution in [-0.4, -0.2) is 72.9 Å². The van der Waals surface area contributed by atoms with Crippen LogP contribution < -0.4 is 10.6 Å². The van der Waals surface area contributed by atoms with Crippen LogP contribution in [0.1, 0.15) is 23.2 Å². The highest BCUT2D eigenvalue weighted by Crippen LogP contribution is 2.20. The Morgan fingerprint density at radius 2 is 1.79 bits per heavy atom. The number of hydrogen-bond acceptors (Lipinski definition) is 5. The maximum atomic E-state index is 12.7. The van der Waals surface area contributed by atoms with Gasteiger partial charge in [0.1, 0.15) is 5.82 Å². The minimum atomic E-state index is -0.261. The lowest BCUT2D eigenvalue weighted by Crippen LogP contribution is -2.45. The summed E-state index contributed by atoms with van der Waals surface area (Å²) in [6.07, 6.45) is 3.01. The molecule has 2 aliphatic heterocycles. The van der Waals surface area contributed by atoms with Crippen molar-refractivity contribution < 1.29 is 9.59 Å². The smallest absolute Gasteiger partial charge is 0.254 e. The van der Waals surface area contributed by atoms with Gasteiger partial charge < -0.3 is 20.4 Å². The average Bonchev–Trinajstić information content (AvgIpc) is 2.62. The Morgan fingerprint density at radius 3 is 2.42 bits per heavy atom. The van der Waals surface area contributed by atoms with Gasteiger partial charge in [-0.3, -0.25) is 9.59 Å². The average molecular weight is 331 g/mol.